The quantitative estimate of drug-likeness (QED) is 0.853. The van der Waals surface area contributed by atoms with Crippen molar-refractivity contribution in [2.24, 2.45) is 0 Å². The minimum absolute atomic E-state index is 0.179. The highest BCUT2D eigenvalue weighted by Gasteiger charge is 2.10. The van der Waals surface area contributed by atoms with Crippen LogP contribution in [-0.4, -0.2) is 27.7 Å². The Kier molecular flexibility index (Phi) is 4.75. The lowest BCUT2D eigenvalue weighted by Crippen LogP contribution is -2.26. The minimum atomic E-state index is -0.302. The number of aromatic hydroxyl groups is 1. The predicted molar refractivity (Wildman–Crippen MR) is 69.4 cm³/mol. The smallest absolute Gasteiger partial charge is 0.223 e. The SMILES string of the molecule is CCN(CC)Cc1cc(=O)c(O)cn1C(C)C. The first kappa shape index (κ1) is 13.8. The van der Waals surface area contributed by atoms with Crippen LogP contribution >= 0.6 is 0 Å². The summed E-state index contributed by atoms with van der Waals surface area (Å²) < 4.78 is 1.95. The van der Waals surface area contributed by atoms with E-state index in [-0.39, 0.29) is 17.2 Å². The van der Waals surface area contributed by atoms with Gasteiger partial charge in [0.15, 0.2) is 5.75 Å². The summed E-state index contributed by atoms with van der Waals surface area (Å²) >= 11 is 0. The third-order valence-corrected chi connectivity index (χ3v) is 2.98. The van der Waals surface area contributed by atoms with Gasteiger partial charge in [-0.1, -0.05) is 13.8 Å². The Bertz CT molecular complexity index is 420. The van der Waals surface area contributed by atoms with Crippen LogP contribution < -0.4 is 5.43 Å². The first-order valence-corrected chi connectivity index (χ1v) is 6.15. The van der Waals surface area contributed by atoms with Gasteiger partial charge in [0.1, 0.15) is 0 Å². The van der Waals surface area contributed by atoms with Gasteiger partial charge in [-0.25, -0.2) is 0 Å². The molecule has 1 rings (SSSR count). The van der Waals surface area contributed by atoms with Crippen molar-refractivity contribution < 1.29 is 5.11 Å². The van der Waals surface area contributed by atoms with E-state index in [2.05, 4.69) is 18.7 Å². The fraction of sp³-hybridized carbons (Fsp3) is 0.615. The zero-order chi connectivity index (χ0) is 13.0. The molecule has 0 saturated carbocycles. The van der Waals surface area contributed by atoms with Gasteiger partial charge in [0.25, 0.3) is 0 Å². The standard InChI is InChI=1S/C13H22N2O2/c1-5-14(6-2)8-11-7-12(16)13(17)9-15(11)10(3)4/h7,9-10,17H,5-6,8H2,1-4H3. The summed E-state index contributed by atoms with van der Waals surface area (Å²) in [6, 6.07) is 1.76. The number of rotatable bonds is 5. The van der Waals surface area contributed by atoms with E-state index in [1.807, 2.05) is 18.4 Å². The lowest BCUT2D eigenvalue weighted by Gasteiger charge is -2.23. The average Bonchev–Trinajstić information content (AvgIpc) is 2.29. The van der Waals surface area contributed by atoms with Crippen molar-refractivity contribution in [1.29, 1.82) is 0 Å². The molecule has 0 aromatic carbocycles. The van der Waals surface area contributed by atoms with E-state index in [1.165, 1.54) is 12.3 Å². The molecule has 17 heavy (non-hydrogen) atoms. The molecule has 96 valence electrons. The molecule has 0 bridgehead atoms. The van der Waals surface area contributed by atoms with Crippen molar-refractivity contribution in [3.63, 3.8) is 0 Å². The molecule has 0 saturated heterocycles. The summed E-state index contributed by atoms with van der Waals surface area (Å²) in [5.41, 5.74) is 0.649. The Morgan fingerprint density at radius 1 is 1.35 bits per heavy atom. The molecule has 0 aliphatic heterocycles. The summed E-state index contributed by atoms with van der Waals surface area (Å²) in [6.45, 7) is 10.9. The van der Waals surface area contributed by atoms with Gasteiger partial charge in [0.2, 0.25) is 5.43 Å². The van der Waals surface area contributed by atoms with Gasteiger partial charge in [0.05, 0.1) is 6.20 Å². The maximum absolute atomic E-state index is 11.5. The Morgan fingerprint density at radius 2 is 1.94 bits per heavy atom. The lowest BCUT2D eigenvalue weighted by molar-refractivity contribution is 0.283. The van der Waals surface area contributed by atoms with Gasteiger partial charge in [-0.05, 0) is 26.9 Å². The van der Waals surface area contributed by atoms with E-state index < -0.39 is 0 Å². The largest absolute Gasteiger partial charge is 0.503 e. The molecule has 0 amide bonds. The topological polar surface area (TPSA) is 45.5 Å². The highest BCUT2D eigenvalue weighted by molar-refractivity contribution is 5.21. The van der Waals surface area contributed by atoms with Gasteiger partial charge in [0, 0.05) is 24.3 Å². The molecule has 0 atom stereocenters. The molecular formula is C13H22N2O2. The Balaban J connectivity index is 3.12. The van der Waals surface area contributed by atoms with Crippen molar-refractivity contribution in [2.45, 2.75) is 40.3 Å². The molecular weight excluding hydrogens is 216 g/mol. The Morgan fingerprint density at radius 3 is 2.41 bits per heavy atom. The van der Waals surface area contributed by atoms with Crippen LogP contribution in [0, 0.1) is 0 Å². The third kappa shape index (κ3) is 3.33. The van der Waals surface area contributed by atoms with Crippen LogP contribution in [0.4, 0.5) is 0 Å². The van der Waals surface area contributed by atoms with Crippen molar-refractivity contribution in [1.82, 2.24) is 9.47 Å². The van der Waals surface area contributed by atoms with Crippen LogP contribution in [0.3, 0.4) is 0 Å². The molecule has 1 N–H and O–H groups in total. The molecule has 4 heteroatoms. The molecule has 0 fully saturated rings. The number of hydrogen-bond donors (Lipinski definition) is 1. The molecule has 0 radical (unpaired) electrons. The van der Waals surface area contributed by atoms with Crippen LogP contribution in [-0.2, 0) is 6.54 Å². The summed E-state index contributed by atoms with van der Waals surface area (Å²) in [7, 11) is 0. The van der Waals surface area contributed by atoms with Crippen LogP contribution in [0.15, 0.2) is 17.1 Å². The average molecular weight is 238 g/mol. The molecule has 0 aliphatic carbocycles. The Labute approximate surface area is 102 Å². The zero-order valence-electron chi connectivity index (χ0n) is 11.1. The summed E-state index contributed by atoms with van der Waals surface area (Å²) in [5, 5.41) is 9.48. The number of hydrogen-bond acceptors (Lipinski definition) is 3. The van der Waals surface area contributed by atoms with Crippen LogP contribution in [0.2, 0.25) is 0 Å². The highest BCUT2D eigenvalue weighted by atomic mass is 16.3. The molecule has 4 nitrogen and oxygen atoms in total. The first-order valence-electron chi connectivity index (χ1n) is 6.15. The van der Waals surface area contributed by atoms with Crippen molar-refractivity contribution >= 4 is 0 Å². The monoisotopic (exact) mass is 238 g/mol. The van der Waals surface area contributed by atoms with E-state index in [9.17, 15) is 9.90 Å². The van der Waals surface area contributed by atoms with Gasteiger partial charge in [-0.2, -0.15) is 0 Å². The molecule has 0 aliphatic rings. The second-order valence-corrected chi connectivity index (χ2v) is 4.48. The van der Waals surface area contributed by atoms with E-state index in [0.717, 1.165) is 25.3 Å². The normalized spacial score (nSPS) is 11.4. The van der Waals surface area contributed by atoms with E-state index in [1.54, 1.807) is 0 Å². The zero-order valence-corrected chi connectivity index (χ0v) is 11.1. The number of nitrogens with zero attached hydrogens (tertiary/aromatic N) is 2. The van der Waals surface area contributed by atoms with Gasteiger partial charge < -0.3 is 9.67 Å². The van der Waals surface area contributed by atoms with E-state index in [4.69, 9.17) is 0 Å². The molecule has 0 spiro atoms. The second kappa shape index (κ2) is 5.87. The lowest BCUT2D eigenvalue weighted by atomic mass is 10.2. The van der Waals surface area contributed by atoms with Crippen molar-refractivity contribution in [3.8, 4) is 5.75 Å². The van der Waals surface area contributed by atoms with E-state index in [0.29, 0.717) is 0 Å². The molecule has 0 unspecified atom stereocenters. The fourth-order valence-electron chi connectivity index (χ4n) is 1.86. The first-order chi connectivity index (χ1) is 7.99. The maximum Gasteiger partial charge on any atom is 0.223 e. The maximum atomic E-state index is 11.5. The summed E-state index contributed by atoms with van der Waals surface area (Å²) in [5.74, 6) is -0.179. The Hall–Kier alpha value is -1.29. The number of pyridine rings is 1. The van der Waals surface area contributed by atoms with Gasteiger partial charge >= 0.3 is 0 Å². The fourth-order valence-corrected chi connectivity index (χ4v) is 1.86. The van der Waals surface area contributed by atoms with Crippen LogP contribution in [0.1, 0.15) is 39.4 Å². The summed E-state index contributed by atoms with van der Waals surface area (Å²) in [6.07, 6.45) is 1.53. The van der Waals surface area contributed by atoms with Crippen molar-refractivity contribution in [3.05, 3.63) is 28.2 Å². The molecule has 1 aromatic rings. The third-order valence-electron chi connectivity index (χ3n) is 2.98. The summed E-state index contributed by atoms with van der Waals surface area (Å²) in [4.78, 5) is 13.7. The van der Waals surface area contributed by atoms with Crippen molar-refractivity contribution in [2.75, 3.05) is 13.1 Å². The van der Waals surface area contributed by atoms with Crippen LogP contribution in [0.25, 0.3) is 0 Å². The molecule has 1 aromatic heterocycles. The number of aromatic nitrogens is 1. The molecule has 1 heterocycles. The van der Waals surface area contributed by atoms with Crippen LogP contribution in [0.5, 0.6) is 5.75 Å². The second-order valence-electron chi connectivity index (χ2n) is 4.48. The van der Waals surface area contributed by atoms with Gasteiger partial charge in [-0.15, -0.1) is 0 Å². The highest BCUT2D eigenvalue weighted by Crippen LogP contribution is 2.14. The minimum Gasteiger partial charge on any atom is -0.503 e. The van der Waals surface area contributed by atoms with Gasteiger partial charge in [-0.3, -0.25) is 9.69 Å². The van der Waals surface area contributed by atoms with E-state index >= 15 is 0 Å². The predicted octanol–water partition coefficient (Wildman–Crippen LogP) is 1.98.